The van der Waals surface area contributed by atoms with Crippen LogP contribution in [0, 0.1) is 0 Å². The smallest absolute Gasteiger partial charge is 0.0650 e. The molecule has 0 spiro atoms. The van der Waals surface area contributed by atoms with Crippen LogP contribution in [-0.4, -0.2) is 16.2 Å². The lowest BCUT2D eigenvalue weighted by Crippen LogP contribution is -2.18. The number of H-pyrrole nitrogens is 1. The third-order valence-corrected chi connectivity index (χ3v) is 3.90. The number of nitrogens with one attached hydrogen (secondary N) is 2. The van der Waals surface area contributed by atoms with E-state index in [1.54, 1.807) is 6.20 Å². The first-order valence-corrected chi connectivity index (χ1v) is 7.28. The molecule has 1 heterocycles. The third-order valence-electron chi connectivity index (χ3n) is 3.90. The van der Waals surface area contributed by atoms with Crippen molar-refractivity contribution >= 4 is 5.69 Å². The Balaban J connectivity index is 1.72. The topological polar surface area (TPSA) is 40.7 Å². The minimum absolute atomic E-state index is 0.638. The van der Waals surface area contributed by atoms with Gasteiger partial charge < -0.3 is 5.32 Å². The average molecular weight is 255 g/mol. The van der Waals surface area contributed by atoms with E-state index in [-0.39, 0.29) is 0 Å². The summed E-state index contributed by atoms with van der Waals surface area (Å²) in [5.74, 6) is 0. The monoisotopic (exact) mass is 255 g/mol. The van der Waals surface area contributed by atoms with Crippen molar-refractivity contribution in [1.82, 2.24) is 10.2 Å². The quantitative estimate of drug-likeness (QED) is 0.806. The number of anilines is 1. The van der Waals surface area contributed by atoms with E-state index in [0.717, 1.165) is 5.69 Å². The summed E-state index contributed by atoms with van der Waals surface area (Å²) >= 11 is 0. The molecule has 1 aliphatic rings. The van der Waals surface area contributed by atoms with Gasteiger partial charge in [-0.25, -0.2) is 0 Å². The van der Waals surface area contributed by atoms with Crippen molar-refractivity contribution < 1.29 is 0 Å². The first kappa shape index (κ1) is 12.3. The molecule has 100 valence electrons. The molecule has 3 nitrogen and oxygen atoms in total. The molecule has 19 heavy (non-hydrogen) atoms. The maximum absolute atomic E-state index is 4.01. The molecule has 1 aliphatic carbocycles. The van der Waals surface area contributed by atoms with Gasteiger partial charge in [0.05, 0.1) is 5.69 Å². The van der Waals surface area contributed by atoms with Gasteiger partial charge in [0, 0.05) is 23.5 Å². The molecule has 1 aromatic heterocycles. The van der Waals surface area contributed by atoms with Gasteiger partial charge >= 0.3 is 0 Å². The number of hydrogen-bond acceptors (Lipinski definition) is 2. The minimum atomic E-state index is 0.638. The summed E-state index contributed by atoms with van der Waals surface area (Å²) in [5, 5.41) is 10.7. The highest BCUT2D eigenvalue weighted by Crippen LogP contribution is 2.24. The molecule has 2 aromatic rings. The molecule has 3 heteroatoms. The van der Waals surface area contributed by atoms with Crippen molar-refractivity contribution in [3.8, 4) is 11.3 Å². The summed E-state index contributed by atoms with van der Waals surface area (Å²) in [6.07, 6.45) is 9.90. The molecular formula is C16H21N3. The molecule has 0 unspecified atom stereocenters. The first-order chi connectivity index (χ1) is 9.42. The molecule has 0 bridgehead atoms. The predicted octanol–water partition coefficient (Wildman–Crippen LogP) is 4.21. The Morgan fingerprint density at radius 1 is 1.05 bits per heavy atom. The zero-order chi connectivity index (χ0) is 12.9. The molecular weight excluding hydrogens is 234 g/mol. The van der Waals surface area contributed by atoms with Gasteiger partial charge in [-0.15, -0.1) is 0 Å². The van der Waals surface area contributed by atoms with E-state index < -0.39 is 0 Å². The van der Waals surface area contributed by atoms with Gasteiger partial charge in [0.15, 0.2) is 0 Å². The van der Waals surface area contributed by atoms with Gasteiger partial charge in [0.25, 0.3) is 0 Å². The van der Waals surface area contributed by atoms with Crippen LogP contribution >= 0.6 is 0 Å². The molecule has 0 saturated heterocycles. The Morgan fingerprint density at radius 3 is 2.63 bits per heavy atom. The summed E-state index contributed by atoms with van der Waals surface area (Å²) in [4.78, 5) is 0. The van der Waals surface area contributed by atoms with Crippen LogP contribution in [0.15, 0.2) is 36.5 Å². The molecule has 1 aromatic carbocycles. The van der Waals surface area contributed by atoms with Crippen LogP contribution < -0.4 is 5.32 Å². The number of nitrogens with zero attached hydrogens (tertiary/aromatic N) is 1. The Hall–Kier alpha value is -1.77. The SMILES string of the molecule is c1cc(NC2CCCCCC2)cc(-c2ccn[nH]2)c1. The average Bonchev–Trinajstić information content (AvgIpc) is 2.86. The second-order valence-corrected chi connectivity index (χ2v) is 5.38. The van der Waals surface area contributed by atoms with Gasteiger partial charge in [-0.05, 0) is 31.0 Å². The summed E-state index contributed by atoms with van der Waals surface area (Å²) in [7, 11) is 0. The van der Waals surface area contributed by atoms with Crippen molar-refractivity contribution in [3.63, 3.8) is 0 Å². The van der Waals surface area contributed by atoms with Crippen LogP contribution in [0.5, 0.6) is 0 Å². The third kappa shape index (κ3) is 3.16. The minimum Gasteiger partial charge on any atom is -0.382 e. The molecule has 2 N–H and O–H groups in total. The molecule has 0 aliphatic heterocycles. The van der Waals surface area contributed by atoms with E-state index in [4.69, 9.17) is 0 Å². The molecule has 1 saturated carbocycles. The number of aromatic nitrogens is 2. The molecule has 0 amide bonds. The fourth-order valence-electron chi connectivity index (χ4n) is 2.85. The highest BCUT2D eigenvalue weighted by molar-refractivity contribution is 5.64. The van der Waals surface area contributed by atoms with Crippen LogP contribution in [0.2, 0.25) is 0 Å². The van der Waals surface area contributed by atoms with E-state index in [1.165, 1.54) is 49.8 Å². The Kier molecular flexibility index (Phi) is 3.82. The first-order valence-electron chi connectivity index (χ1n) is 7.28. The highest BCUT2D eigenvalue weighted by Gasteiger charge is 2.12. The van der Waals surface area contributed by atoms with Gasteiger partial charge in [-0.2, -0.15) is 5.10 Å². The normalized spacial score (nSPS) is 17.1. The maximum Gasteiger partial charge on any atom is 0.0650 e. The molecule has 0 atom stereocenters. The van der Waals surface area contributed by atoms with Crippen LogP contribution in [0.4, 0.5) is 5.69 Å². The van der Waals surface area contributed by atoms with Crippen LogP contribution in [0.3, 0.4) is 0 Å². The van der Waals surface area contributed by atoms with E-state index in [1.807, 2.05) is 6.07 Å². The van der Waals surface area contributed by atoms with E-state index in [2.05, 4.69) is 39.8 Å². The van der Waals surface area contributed by atoms with Crippen molar-refractivity contribution in [3.05, 3.63) is 36.5 Å². The molecule has 0 radical (unpaired) electrons. The van der Waals surface area contributed by atoms with Gasteiger partial charge in [-0.3, -0.25) is 5.10 Å². The highest BCUT2D eigenvalue weighted by atomic mass is 15.1. The second-order valence-electron chi connectivity index (χ2n) is 5.38. The number of hydrogen-bond donors (Lipinski definition) is 2. The van der Waals surface area contributed by atoms with Crippen molar-refractivity contribution in [2.45, 2.75) is 44.6 Å². The summed E-state index contributed by atoms with van der Waals surface area (Å²) in [6.45, 7) is 0. The number of aromatic amines is 1. The Labute approximate surface area is 114 Å². The summed E-state index contributed by atoms with van der Waals surface area (Å²) in [6, 6.07) is 11.2. The van der Waals surface area contributed by atoms with E-state index >= 15 is 0 Å². The standard InChI is InChI=1S/C16H21N3/c1-2-4-8-14(7-3-1)18-15-9-5-6-13(12-15)16-10-11-17-19-16/h5-6,9-12,14,18H,1-4,7-8H2,(H,17,19). The molecule has 1 fully saturated rings. The van der Waals surface area contributed by atoms with Gasteiger partial charge in [0.2, 0.25) is 0 Å². The van der Waals surface area contributed by atoms with Crippen LogP contribution in [0.25, 0.3) is 11.3 Å². The summed E-state index contributed by atoms with van der Waals surface area (Å²) < 4.78 is 0. The van der Waals surface area contributed by atoms with E-state index in [9.17, 15) is 0 Å². The second kappa shape index (κ2) is 5.91. The van der Waals surface area contributed by atoms with Crippen molar-refractivity contribution in [2.75, 3.05) is 5.32 Å². The predicted molar refractivity (Wildman–Crippen MR) is 79.1 cm³/mol. The van der Waals surface area contributed by atoms with Crippen molar-refractivity contribution in [2.24, 2.45) is 0 Å². The Bertz CT molecular complexity index is 496. The number of benzene rings is 1. The van der Waals surface area contributed by atoms with Crippen molar-refractivity contribution in [1.29, 1.82) is 0 Å². The zero-order valence-corrected chi connectivity index (χ0v) is 11.2. The zero-order valence-electron chi connectivity index (χ0n) is 11.2. The lowest BCUT2D eigenvalue weighted by atomic mass is 10.1. The lowest BCUT2D eigenvalue weighted by Gasteiger charge is -2.18. The van der Waals surface area contributed by atoms with Crippen LogP contribution in [-0.2, 0) is 0 Å². The maximum atomic E-state index is 4.01. The lowest BCUT2D eigenvalue weighted by molar-refractivity contribution is 0.620. The summed E-state index contributed by atoms with van der Waals surface area (Å²) in [5.41, 5.74) is 3.49. The van der Waals surface area contributed by atoms with E-state index in [0.29, 0.717) is 6.04 Å². The fourth-order valence-corrected chi connectivity index (χ4v) is 2.85. The molecule has 3 rings (SSSR count). The number of rotatable bonds is 3. The Morgan fingerprint density at radius 2 is 1.89 bits per heavy atom. The van der Waals surface area contributed by atoms with Crippen LogP contribution in [0.1, 0.15) is 38.5 Å². The van der Waals surface area contributed by atoms with Gasteiger partial charge in [-0.1, -0.05) is 37.8 Å². The van der Waals surface area contributed by atoms with Gasteiger partial charge in [0.1, 0.15) is 0 Å². The largest absolute Gasteiger partial charge is 0.382 e. The fraction of sp³-hybridized carbons (Fsp3) is 0.438.